The molecule has 0 radical (unpaired) electrons. The molecule has 0 heterocycles. The van der Waals surface area contributed by atoms with Crippen molar-refractivity contribution in [3.8, 4) is 0 Å². The number of rotatable bonds is 1. The molecule has 0 amide bonds. The SMILES string of the molecule is [C-]#[N+]c1ccc2c(c1)CCC1C2[C@@H](C=C)C[C@]2(C)C(=O)CCC12. The third kappa shape index (κ3) is 1.96. The quantitative estimate of drug-likeness (QED) is 0.524. The molecule has 3 unspecified atom stereocenters. The van der Waals surface area contributed by atoms with E-state index in [1.807, 2.05) is 6.07 Å². The summed E-state index contributed by atoms with van der Waals surface area (Å²) in [4.78, 5) is 16.1. The van der Waals surface area contributed by atoms with Gasteiger partial charge in [-0.15, -0.1) is 6.58 Å². The molecular formula is C21H23NO. The molecule has 1 aromatic rings. The lowest BCUT2D eigenvalue weighted by molar-refractivity contribution is -0.130. The molecule has 118 valence electrons. The first-order valence-electron chi connectivity index (χ1n) is 8.74. The van der Waals surface area contributed by atoms with Gasteiger partial charge >= 0.3 is 0 Å². The van der Waals surface area contributed by atoms with Crippen LogP contribution in [-0.2, 0) is 11.2 Å². The lowest BCUT2D eigenvalue weighted by Gasteiger charge is -2.51. The van der Waals surface area contributed by atoms with E-state index in [1.165, 1.54) is 11.1 Å². The number of hydrogen-bond acceptors (Lipinski definition) is 1. The third-order valence-corrected chi connectivity index (χ3v) is 6.90. The molecule has 0 aliphatic heterocycles. The van der Waals surface area contributed by atoms with Crippen LogP contribution in [-0.4, -0.2) is 5.78 Å². The van der Waals surface area contributed by atoms with E-state index < -0.39 is 0 Å². The highest BCUT2D eigenvalue weighted by molar-refractivity contribution is 5.87. The summed E-state index contributed by atoms with van der Waals surface area (Å²) < 4.78 is 0. The fourth-order valence-corrected chi connectivity index (χ4v) is 5.83. The molecule has 5 atom stereocenters. The second kappa shape index (κ2) is 5.06. The minimum atomic E-state index is -0.131. The fourth-order valence-electron chi connectivity index (χ4n) is 5.83. The Morgan fingerprint density at radius 2 is 2.17 bits per heavy atom. The summed E-state index contributed by atoms with van der Waals surface area (Å²) in [6.45, 7) is 13.5. The standard InChI is InChI=1S/C21H23NO/c1-4-13-12-21(2)18(9-10-19(21)23)17-7-5-14-11-15(22-3)6-8-16(14)20(13)17/h4,6,8,11,13,17-18,20H,1,5,7,9-10,12H2,2H3/t13-,17?,18?,20?,21-/m0/s1. The van der Waals surface area contributed by atoms with Crippen molar-refractivity contribution in [3.63, 3.8) is 0 Å². The van der Waals surface area contributed by atoms with E-state index in [1.54, 1.807) is 0 Å². The van der Waals surface area contributed by atoms with Gasteiger partial charge in [0.2, 0.25) is 0 Å². The molecule has 23 heavy (non-hydrogen) atoms. The van der Waals surface area contributed by atoms with Crippen LogP contribution in [0.4, 0.5) is 5.69 Å². The largest absolute Gasteiger partial charge is 0.299 e. The van der Waals surface area contributed by atoms with Gasteiger partial charge in [-0.25, -0.2) is 4.85 Å². The van der Waals surface area contributed by atoms with Gasteiger partial charge in [0.05, 0.1) is 6.57 Å². The van der Waals surface area contributed by atoms with Crippen molar-refractivity contribution in [3.05, 3.63) is 53.4 Å². The maximum absolute atomic E-state index is 12.5. The van der Waals surface area contributed by atoms with Gasteiger partial charge in [-0.05, 0) is 54.9 Å². The Hall–Kier alpha value is -1.88. The van der Waals surface area contributed by atoms with E-state index in [9.17, 15) is 4.79 Å². The number of carbonyl (C=O) groups is 1. The maximum Gasteiger partial charge on any atom is 0.187 e. The number of hydrogen-bond donors (Lipinski definition) is 0. The number of allylic oxidation sites excluding steroid dienone is 1. The highest BCUT2D eigenvalue weighted by Crippen LogP contribution is 2.61. The molecular weight excluding hydrogens is 282 g/mol. The molecule has 0 spiro atoms. The second-order valence-electron chi connectivity index (χ2n) is 7.81. The summed E-state index contributed by atoms with van der Waals surface area (Å²) in [6, 6.07) is 6.21. The van der Waals surface area contributed by atoms with Gasteiger partial charge in [0.15, 0.2) is 5.69 Å². The van der Waals surface area contributed by atoms with Crippen LogP contribution in [0.3, 0.4) is 0 Å². The number of aryl methyl sites for hydroxylation is 1. The zero-order valence-electron chi connectivity index (χ0n) is 13.7. The predicted molar refractivity (Wildman–Crippen MR) is 91.4 cm³/mol. The molecule has 4 rings (SSSR count). The highest BCUT2D eigenvalue weighted by Gasteiger charge is 2.57. The van der Waals surface area contributed by atoms with Crippen LogP contribution in [0.5, 0.6) is 0 Å². The van der Waals surface area contributed by atoms with E-state index in [-0.39, 0.29) is 5.41 Å². The first kappa shape index (κ1) is 14.7. The zero-order chi connectivity index (χ0) is 16.2. The Morgan fingerprint density at radius 3 is 2.91 bits per heavy atom. The fraction of sp³-hybridized carbons (Fsp3) is 0.524. The predicted octanol–water partition coefficient (Wildman–Crippen LogP) is 5.07. The monoisotopic (exact) mass is 305 g/mol. The topological polar surface area (TPSA) is 21.4 Å². The molecule has 0 saturated heterocycles. The van der Waals surface area contributed by atoms with Gasteiger partial charge in [0, 0.05) is 11.8 Å². The maximum atomic E-state index is 12.5. The Kier molecular flexibility index (Phi) is 3.23. The highest BCUT2D eigenvalue weighted by atomic mass is 16.1. The second-order valence-corrected chi connectivity index (χ2v) is 7.81. The average molecular weight is 305 g/mol. The van der Waals surface area contributed by atoms with Crippen LogP contribution in [0.1, 0.15) is 49.7 Å². The van der Waals surface area contributed by atoms with E-state index in [0.29, 0.717) is 29.5 Å². The normalized spacial score (nSPS) is 38.2. The van der Waals surface area contributed by atoms with Crippen LogP contribution < -0.4 is 0 Å². The number of benzene rings is 1. The van der Waals surface area contributed by atoms with Crippen LogP contribution in [0.25, 0.3) is 4.85 Å². The van der Waals surface area contributed by atoms with Gasteiger partial charge in [-0.3, -0.25) is 4.79 Å². The molecule has 0 bridgehead atoms. The Labute approximate surface area is 138 Å². The van der Waals surface area contributed by atoms with Crippen molar-refractivity contribution in [1.82, 2.24) is 0 Å². The number of nitrogens with zero attached hydrogens (tertiary/aromatic N) is 1. The summed E-state index contributed by atoms with van der Waals surface area (Å²) >= 11 is 0. The van der Waals surface area contributed by atoms with E-state index in [2.05, 4.69) is 36.6 Å². The Morgan fingerprint density at radius 1 is 1.35 bits per heavy atom. The van der Waals surface area contributed by atoms with Crippen molar-refractivity contribution < 1.29 is 4.79 Å². The van der Waals surface area contributed by atoms with Crippen molar-refractivity contribution in [2.75, 3.05) is 0 Å². The summed E-state index contributed by atoms with van der Waals surface area (Å²) in [5, 5.41) is 0. The smallest absolute Gasteiger partial charge is 0.187 e. The first-order chi connectivity index (χ1) is 11.1. The lowest BCUT2D eigenvalue weighted by Crippen LogP contribution is -2.46. The molecule has 0 N–H and O–H groups in total. The molecule has 3 aliphatic rings. The van der Waals surface area contributed by atoms with Gasteiger partial charge in [-0.2, -0.15) is 0 Å². The van der Waals surface area contributed by atoms with Crippen LogP contribution in [0.15, 0.2) is 30.9 Å². The molecule has 2 fully saturated rings. The molecule has 0 aromatic heterocycles. The summed E-state index contributed by atoms with van der Waals surface area (Å²) in [5.74, 6) is 2.46. The van der Waals surface area contributed by atoms with E-state index in [0.717, 1.165) is 37.8 Å². The average Bonchev–Trinajstić information content (AvgIpc) is 2.88. The van der Waals surface area contributed by atoms with Gasteiger partial charge in [-0.1, -0.05) is 36.8 Å². The van der Waals surface area contributed by atoms with E-state index in [4.69, 9.17) is 6.57 Å². The minimum Gasteiger partial charge on any atom is -0.299 e. The number of fused-ring (bicyclic) bond motifs is 5. The minimum absolute atomic E-state index is 0.131. The third-order valence-electron chi connectivity index (χ3n) is 6.90. The Balaban J connectivity index is 1.80. The summed E-state index contributed by atoms with van der Waals surface area (Å²) in [7, 11) is 0. The number of ketones is 1. The number of carbonyl (C=O) groups excluding carboxylic acids is 1. The van der Waals surface area contributed by atoms with Gasteiger partial charge < -0.3 is 0 Å². The summed E-state index contributed by atoms with van der Waals surface area (Å²) in [6.07, 6.45) is 7.06. The molecule has 2 heteroatoms. The first-order valence-corrected chi connectivity index (χ1v) is 8.74. The van der Waals surface area contributed by atoms with Crippen molar-refractivity contribution in [2.45, 2.75) is 44.9 Å². The molecule has 2 nitrogen and oxygen atoms in total. The van der Waals surface area contributed by atoms with Crippen molar-refractivity contribution in [1.29, 1.82) is 0 Å². The zero-order valence-corrected chi connectivity index (χ0v) is 13.7. The van der Waals surface area contributed by atoms with Crippen molar-refractivity contribution >= 4 is 11.5 Å². The van der Waals surface area contributed by atoms with Gasteiger partial charge in [0.1, 0.15) is 5.78 Å². The van der Waals surface area contributed by atoms with Crippen molar-refractivity contribution in [2.24, 2.45) is 23.2 Å². The summed E-state index contributed by atoms with van der Waals surface area (Å²) in [5.41, 5.74) is 3.38. The lowest BCUT2D eigenvalue weighted by atomic mass is 9.52. The van der Waals surface area contributed by atoms with Crippen LogP contribution in [0.2, 0.25) is 0 Å². The molecule has 3 aliphatic carbocycles. The number of Topliss-reactive ketones (excluding diaryl/α,β-unsaturated/α-hetero) is 1. The molecule has 1 aromatic carbocycles. The van der Waals surface area contributed by atoms with Crippen LogP contribution >= 0.6 is 0 Å². The van der Waals surface area contributed by atoms with Crippen LogP contribution in [0, 0.1) is 29.7 Å². The Bertz CT molecular complexity index is 728. The van der Waals surface area contributed by atoms with Gasteiger partial charge in [0.25, 0.3) is 0 Å². The molecule has 2 saturated carbocycles. The van der Waals surface area contributed by atoms with E-state index >= 15 is 0 Å².